The summed E-state index contributed by atoms with van der Waals surface area (Å²) in [6.07, 6.45) is 1.46. The zero-order chi connectivity index (χ0) is 17.1. The first kappa shape index (κ1) is 19.2. The molecule has 1 N–H and O–H groups in total. The number of benzene rings is 1. The fourth-order valence-corrected chi connectivity index (χ4v) is 2.16. The van der Waals surface area contributed by atoms with E-state index in [2.05, 4.69) is 6.58 Å². The monoisotopic (exact) mass is 322 g/mol. The van der Waals surface area contributed by atoms with Gasteiger partial charge in [-0.2, -0.15) is 0 Å². The van der Waals surface area contributed by atoms with Gasteiger partial charge in [0.15, 0.2) is 0 Å². The summed E-state index contributed by atoms with van der Waals surface area (Å²) >= 11 is 0. The predicted molar refractivity (Wildman–Crippen MR) is 88.2 cm³/mol. The van der Waals surface area contributed by atoms with Crippen LogP contribution in [0, 0.1) is 5.92 Å². The van der Waals surface area contributed by atoms with Gasteiger partial charge in [0.05, 0.1) is 39.5 Å². The Morgan fingerprint density at radius 2 is 2.04 bits per heavy atom. The van der Waals surface area contributed by atoms with Gasteiger partial charge in [-0.25, -0.2) is 0 Å². The molecule has 0 amide bonds. The van der Waals surface area contributed by atoms with Crippen molar-refractivity contribution in [2.75, 3.05) is 20.3 Å². The lowest BCUT2D eigenvalue weighted by Crippen LogP contribution is -2.28. The van der Waals surface area contributed by atoms with Crippen molar-refractivity contribution in [3.05, 3.63) is 42.5 Å². The van der Waals surface area contributed by atoms with Gasteiger partial charge in [-0.15, -0.1) is 6.58 Å². The topological polar surface area (TPSA) is 65.0 Å². The lowest BCUT2D eigenvalue weighted by molar-refractivity contribution is -0.146. The van der Waals surface area contributed by atoms with Crippen molar-refractivity contribution >= 4 is 5.97 Å². The van der Waals surface area contributed by atoms with Crippen LogP contribution in [0.1, 0.15) is 25.3 Å². The van der Waals surface area contributed by atoms with Gasteiger partial charge in [-0.05, 0) is 31.0 Å². The molecule has 2 unspecified atom stereocenters. The molecule has 1 aromatic rings. The minimum absolute atomic E-state index is 0.0295. The van der Waals surface area contributed by atoms with Crippen molar-refractivity contribution < 1.29 is 24.1 Å². The van der Waals surface area contributed by atoms with E-state index in [1.54, 1.807) is 20.1 Å². The van der Waals surface area contributed by atoms with Gasteiger partial charge in [-0.3, -0.25) is 4.79 Å². The van der Waals surface area contributed by atoms with E-state index in [1.165, 1.54) is 0 Å². The Kier molecular flexibility index (Phi) is 9.02. The smallest absolute Gasteiger partial charge is 0.308 e. The lowest BCUT2D eigenvalue weighted by atomic mass is 9.97. The fourth-order valence-electron chi connectivity index (χ4n) is 2.16. The number of carbonyl (C=O) groups is 1. The standard InChI is InChI=1S/C18H26O5/c1-4-6-15(17(19)11-18(20)23-5-2)13-22-12-14-7-9-16(21-3)10-8-14/h4,7-10,15,17,19H,1,5-6,11-13H2,2-3H3. The summed E-state index contributed by atoms with van der Waals surface area (Å²) in [5.74, 6) is 0.211. The van der Waals surface area contributed by atoms with E-state index in [-0.39, 0.29) is 12.3 Å². The summed E-state index contributed by atoms with van der Waals surface area (Å²) in [4.78, 5) is 11.5. The van der Waals surface area contributed by atoms with Crippen LogP contribution in [-0.2, 0) is 20.9 Å². The molecule has 0 aromatic heterocycles. The van der Waals surface area contributed by atoms with Crippen LogP contribution in [0.3, 0.4) is 0 Å². The second-order valence-corrected chi connectivity index (χ2v) is 5.22. The van der Waals surface area contributed by atoms with Crippen LogP contribution in [0.15, 0.2) is 36.9 Å². The highest BCUT2D eigenvalue weighted by atomic mass is 16.5. The summed E-state index contributed by atoms with van der Waals surface area (Å²) in [6, 6.07) is 7.60. The number of carbonyl (C=O) groups excluding carboxylic acids is 1. The number of aliphatic hydroxyl groups is 1. The van der Waals surface area contributed by atoms with E-state index in [1.807, 2.05) is 24.3 Å². The number of hydrogen-bond acceptors (Lipinski definition) is 5. The molecule has 0 spiro atoms. The molecule has 0 saturated carbocycles. The Hall–Kier alpha value is -1.85. The van der Waals surface area contributed by atoms with E-state index in [0.29, 0.717) is 26.2 Å². The second-order valence-electron chi connectivity index (χ2n) is 5.22. The van der Waals surface area contributed by atoms with Crippen LogP contribution in [0.5, 0.6) is 5.75 Å². The minimum Gasteiger partial charge on any atom is -0.497 e. The number of esters is 1. The average Bonchev–Trinajstić information content (AvgIpc) is 2.54. The first-order valence-corrected chi connectivity index (χ1v) is 7.76. The van der Waals surface area contributed by atoms with Crippen LogP contribution in [0.25, 0.3) is 0 Å². The van der Waals surface area contributed by atoms with Crippen molar-refractivity contribution in [2.24, 2.45) is 5.92 Å². The van der Waals surface area contributed by atoms with Crippen LogP contribution in [-0.4, -0.2) is 37.5 Å². The van der Waals surface area contributed by atoms with Gasteiger partial charge < -0.3 is 19.3 Å². The van der Waals surface area contributed by atoms with Gasteiger partial charge in [0.1, 0.15) is 5.75 Å². The molecule has 128 valence electrons. The molecule has 0 aliphatic carbocycles. The summed E-state index contributed by atoms with van der Waals surface area (Å²) in [6.45, 7) is 6.52. The first-order chi connectivity index (χ1) is 11.1. The number of methoxy groups -OCH3 is 1. The van der Waals surface area contributed by atoms with Gasteiger partial charge in [0, 0.05) is 5.92 Å². The fraction of sp³-hybridized carbons (Fsp3) is 0.500. The zero-order valence-electron chi connectivity index (χ0n) is 13.9. The molecule has 2 atom stereocenters. The number of allylic oxidation sites excluding steroid dienone is 1. The van der Waals surface area contributed by atoms with Gasteiger partial charge >= 0.3 is 5.97 Å². The predicted octanol–water partition coefficient (Wildman–Crippen LogP) is 2.72. The van der Waals surface area contributed by atoms with Crippen molar-refractivity contribution in [1.82, 2.24) is 0 Å². The van der Waals surface area contributed by atoms with E-state index in [4.69, 9.17) is 14.2 Å². The summed E-state index contributed by atoms with van der Waals surface area (Å²) in [5, 5.41) is 10.2. The first-order valence-electron chi connectivity index (χ1n) is 7.76. The third-order valence-electron chi connectivity index (χ3n) is 3.45. The van der Waals surface area contributed by atoms with Crippen LogP contribution in [0.4, 0.5) is 0 Å². The van der Waals surface area contributed by atoms with E-state index in [0.717, 1.165) is 11.3 Å². The minimum atomic E-state index is -0.803. The SMILES string of the molecule is C=CCC(COCc1ccc(OC)cc1)C(O)CC(=O)OCC. The molecule has 0 aliphatic heterocycles. The molecular weight excluding hydrogens is 296 g/mol. The molecule has 0 bridgehead atoms. The Morgan fingerprint density at radius 3 is 2.61 bits per heavy atom. The summed E-state index contributed by atoms with van der Waals surface area (Å²) in [5.41, 5.74) is 1.02. The maximum absolute atomic E-state index is 11.5. The highest BCUT2D eigenvalue weighted by Crippen LogP contribution is 2.16. The van der Waals surface area contributed by atoms with Crippen molar-refractivity contribution in [2.45, 2.75) is 32.5 Å². The van der Waals surface area contributed by atoms with Crippen LogP contribution < -0.4 is 4.74 Å². The Labute approximate surface area is 137 Å². The highest BCUT2D eigenvalue weighted by Gasteiger charge is 2.22. The molecule has 0 aliphatic rings. The average molecular weight is 322 g/mol. The molecule has 0 fully saturated rings. The Bertz CT molecular complexity index is 469. The molecule has 1 aromatic carbocycles. The highest BCUT2D eigenvalue weighted by molar-refractivity contribution is 5.69. The quantitative estimate of drug-likeness (QED) is 0.501. The number of hydrogen-bond donors (Lipinski definition) is 1. The molecule has 5 heteroatoms. The third-order valence-corrected chi connectivity index (χ3v) is 3.45. The number of ether oxygens (including phenoxy) is 3. The Balaban J connectivity index is 2.45. The molecule has 1 rings (SSSR count). The van der Waals surface area contributed by atoms with E-state index in [9.17, 15) is 9.90 Å². The maximum Gasteiger partial charge on any atom is 0.308 e. The normalized spacial score (nSPS) is 13.2. The molecule has 23 heavy (non-hydrogen) atoms. The van der Waals surface area contributed by atoms with E-state index >= 15 is 0 Å². The van der Waals surface area contributed by atoms with Crippen LogP contribution >= 0.6 is 0 Å². The van der Waals surface area contributed by atoms with E-state index < -0.39 is 12.1 Å². The largest absolute Gasteiger partial charge is 0.497 e. The number of aliphatic hydroxyl groups excluding tert-OH is 1. The van der Waals surface area contributed by atoms with Gasteiger partial charge in [0.2, 0.25) is 0 Å². The number of rotatable bonds is 11. The van der Waals surface area contributed by atoms with Crippen molar-refractivity contribution in [1.29, 1.82) is 0 Å². The molecule has 0 saturated heterocycles. The Morgan fingerprint density at radius 1 is 1.35 bits per heavy atom. The second kappa shape index (κ2) is 10.8. The molecule has 0 radical (unpaired) electrons. The van der Waals surface area contributed by atoms with Gasteiger partial charge in [0.25, 0.3) is 0 Å². The van der Waals surface area contributed by atoms with Gasteiger partial charge in [-0.1, -0.05) is 18.2 Å². The van der Waals surface area contributed by atoms with Crippen molar-refractivity contribution in [3.63, 3.8) is 0 Å². The molecular formula is C18H26O5. The lowest BCUT2D eigenvalue weighted by Gasteiger charge is -2.21. The molecule has 0 heterocycles. The maximum atomic E-state index is 11.5. The van der Waals surface area contributed by atoms with Crippen molar-refractivity contribution in [3.8, 4) is 5.75 Å². The molecule has 5 nitrogen and oxygen atoms in total. The zero-order valence-corrected chi connectivity index (χ0v) is 13.9. The summed E-state index contributed by atoms with van der Waals surface area (Å²) < 4.78 is 15.6. The van der Waals surface area contributed by atoms with Crippen LogP contribution in [0.2, 0.25) is 0 Å². The summed E-state index contributed by atoms with van der Waals surface area (Å²) in [7, 11) is 1.62. The third kappa shape index (κ3) is 7.30.